The molecule has 0 fully saturated rings. The SMILES string of the molecule is CC(C)(C)OC(=O)Nc1nc(-c2ccc(Br)cc2)co1. The summed E-state index contributed by atoms with van der Waals surface area (Å²) >= 11 is 3.37. The highest BCUT2D eigenvalue weighted by Gasteiger charge is 2.18. The molecule has 6 heteroatoms. The fraction of sp³-hybridized carbons (Fsp3) is 0.286. The quantitative estimate of drug-likeness (QED) is 0.878. The van der Waals surface area contributed by atoms with Crippen molar-refractivity contribution in [1.29, 1.82) is 0 Å². The molecule has 1 aromatic carbocycles. The molecule has 0 bridgehead atoms. The Kier molecular flexibility index (Phi) is 4.13. The number of benzene rings is 1. The molecule has 0 aliphatic rings. The number of hydrogen-bond donors (Lipinski definition) is 1. The lowest BCUT2D eigenvalue weighted by Gasteiger charge is -2.18. The Bertz CT molecular complexity index is 600. The number of carbonyl (C=O) groups excluding carboxylic acids is 1. The molecule has 1 aromatic heterocycles. The Morgan fingerprint density at radius 3 is 2.55 bits per heavy atom. The standard InChI is InChI=1S/C14H15BrN2O3/c1-14(2,3)20-13(18)17-12-16-11(8-19-12)9-4-6-10(15)7-5-9/h4-8H,1-3H3,(H,16,17,18). The first-order chi connectivity index (χ1) is 9.33. The van der Waals surface area contributed by atoms with E-state index in [2.05, 4.69) is 26.2 Å². The summed E-state index contributed by atoms with van der Waals surface area (Å²) in [7, 11) is 0. The highest BCUT2D eigenvalue weighted by Crippen LogP contribution is 2.22. The van der Waals surface area contributed by atoms with Crippen LogP contribution in [0.3, 0.4) is 0 Å². The van der Waals surface area contributed by atoms with E-state index in [1.165, 1.54) is 6.26 Å². The summed E-state index contributed by atoms with van der Waals surface area (Å²) in [5.74, 6) is 0. The number of nitrogens with one attached hydrogen (secondary N) is 1. The molecule has 2 aromatic rings. The number of hydrogen-bond acceptors (Lipinski definition) is 4. The van der Waals surface area contributed by atoms with E-state index in [4.69, 9.17) is 9.15 Å². The Morgan fingerprint density at radius 1 is 1.30 bits per heavy atom. The van der Waals surface area contributed by atoms with Crippen molar-refractivity contribution in [2.45, 2.75) is 26.4 Å². The normalized spacial score (nSPS) is 11.2. The number of anilines is 1. The maximum atomic E-state index is 11.6. The van der Waals surface area contributed by atoms with Crippen LogP contribution < -0.4 is 5.32 Å². The molecule has 1 N–H and O–H groups in total. The first-order valence-electron chi connectivity index (χ1n) is 6.05. The molecule has 0 unspecified atom stereocenters. The lowest BCUT2D eigenvalue weighted by molar-refractivity contribution is 0.0632. The van der Waals surface area contributed by atoms with Gasteiger partial charge in [0.15, 0.2) is 0 Å². The van der Waals surface area contributed by atoms with Crippen molar-refractivity contribution in [3.63, 3.8) is 0 Å². The second kappa shape index (κ2) is 5.66. The number of oxazole rings is 1. The van der Waals surface area contributed by atoms with Crippen molar-refractivity contribution in [3.8, 4) is 11.3 Å². The van der Waals surface area contributed by atoms with Crippen LogP contribution in [-0.4, -0.2) is 16.7 Å². The largest absolute Gasteiger partial charge is 0.443 e. The first-order valence-corrected chi connectivity index (χ1v) is 6.84. The van der Waals surface area contributed by atoms with Gasteiger partial charge >= 0.3 is 12.1 Å². The topological polar surface area (TPSA) is 64.4 Å². The molecular weight excluding hydrogens is 324 g/mol. The maximum absolute atomic E-state index is 11.6. The Hall–Kier alpha value is -1.82. The van der Waals surface area contributed by atoms with E-state index >= 15 is 0 Å². The van der Waals surface area contributed by atoms with Crippen molar-refractivity contribution < 1.29 is 13.9 Å². The number of halogens is 1. The minimum atomic E-state index is -0.596. The summed E-state index contributed by atoms with van der Waals surface area (Å²) in [6.45, 7) is 5.36. The molecule has 0 saturated carbocycles. The van der Waals surface area contributed by atoms with Crippen LogP contribution in [0.2, 0.25) is 0 Å². The van der Waals surface area contributed by atoms with Gasteiger partial charge in [-0.25, -0.2) is 10.1 Å². The third kappa shape index (κ3) is 4.09. The molecule has 0 spiro atoms. The summed E-state index contributed by atoms with van der Waals surface area (Å²) in [6, 6.07) is 7.73. The highest BCUT2D eigenvalue weighted by molar-refractivity contribution is 9.10. The predicted octanol–water partition coefficient (Wildman–Crippen LogP) is 4.45. The van der Waals surface area contributed by atoms with Gasteiger partial charge in [-0.2, -0.15) is 4.98 Å². The number of rotatable bonds is 2. The second-order valence-corrected chi connectivity index (χ2v) is 6.09. The van der Waals surface area contributed by atoms with Crippen LogP contribution >= 0.6 is 15.9 Å². The van der Waals surface area contributed by atoms with E-state index in [1.807, 2.05) is 24.3 Å². The van der Waals surface area contributed by atoms with Gasteiger partial charge in [0.2, 0.25) is 0 Å². The van der Waals surface area contributed by atoms with Crippen LogP contribution in [0.4, 0.5) is 10.8 Å². The fourth-order valence-electron chi connectivity index (χ4n) is 1.48. The molecule has 2 rings (SSSR count). The van der Waals surface area contributed by atoms with Gasteiger partial charge in [-0.05, 0) is 32.9 Å². The minimum Gasteiger partial charge on any atom is -0.443 e. The molecule has 20 heavy (non-hydrogen) atoms. The van der Waals surface area contributed by atoms with Gasteiger partial charge in [0.25, 0.3) is 0 Å². The highest BCUT2D eigenvalue weighted by atomic mass is 79.9. The molecule has 0 radical (unpaired) electrons. The molecule has 106 valence electrons. The average molecular weight is 339 g/mol. The maximum Gasteiger partial charge on any atom is 0.415 e. The molecule has 0 saturated heterocycles. The van der Waals surface area contributed by atoms with E-state index in [0.29, 0.717) is 5.69 Å². The van der Waals surface area contributed by atoms with E-state index in [0.717, 1.165) is 10.0 Å². The molecule has 1 amide bonds. The van der Waals surface area contributed by atoms with Crippen molar-refractivity contribution >= 4 is 28.0 Å². The Morgan fingerprint density at radius 2 is 1.95 bits per heavy atom. The van der Waals surface area contributed by atoms with E-state index < -0.39 is 11.7 Å². The molecule has 1 heterocycles. The van der Waals surface area contributed by atoms with Crippen molar-refractivity contribution in [3.05, 3.63) is 35.0 Å². The third-order valence-corrected chi connectivity index (χ3v) is 2.78. The van der Waals surface area contributed by atoms with E-state index in [9.17, 15) is 4.79 Å². The number of nitrogens with zero attached hydrogens (tertiary/aromatic N) is 1. The van der Waals surface area contributed by atoms with Gasteiger partial charge in [0, 0.05) is 10.0 Å². The molecule has 5 nitrogen and oxygen atoms in total. The lowest BCUT2D eigenvalue weighted by atomic mass is 10.2. The van der Waals surface area contributed by atoms with Crippen LogP contribution in [0.25, 0.3) is 11.3 Å². The predicted molar refractivity (Wildman–Crippen MR) is 79.5 cm³/mol. The summed E-state index contributed by atoms with van der Waals surface area (Å²) in [6.07, 6.45) is 0.886. The summed E-state index contributed by atoms with van der Waals surface area (Å²) in [5, 5.41) is 2.45. The number of carbonyl (C=O) groups is 1. The molecule has 0 atom stereocenters. The van der Waals surface area contributed by atoms with Gasteiger partial charge in [-0.3, -0.25) is 0 Å². The summed E-state index contributed by atoms with van der Waals surface area (Å²) in [4.78, 5) is 15.8. The van der Waals surface area contributed by atoms with Gasteiger partial charge in [0.1, 0.15) is 17.6 Å². The van der Waals surface area contributed by atoms with E-state index in [1.54, 1.807) is 20.8 Å². The van der Waals surface area contributed by atoms with Crippen LogP contribution in [0.5, 0.6) is 0 Å². The van der Waals surface area contributed by atoms with Crippen LogP contribution in [0.1, 0.15) is 20.8 Å². The monoisotopic (exact) mass is 338 g/mol. The smallest absolute Gasteiger partial charge is 0.415 e. The van der Waals surface area contributed by atoms with Crippen LogP contribution in [-0.2, 0) is 4.74 Å². The zero-order valence-corrected chi connectivity index (χ0v) is 13.0. The Labute approximate surface area is 125 Å². The number of amides is 1. The number of aromatic nitrogens is 1. The van der Waals surface area contributed by atoms with Crippen LogP contribution in [0, 0.1) is 0 Å². The third-order valence-electron chi connectivity index (χ3n) is 2.25. The van der Waals surface area contributed by atoms with Gasteiger partial charge < -0.3 is 9.15 Å². The minimum absolute atomic E-state index is 0.108. The van der Waals surface area contributed by atoms with Crippen molar-refractivity contribution in [1.82, 2.24) is 4.98 Å². The Balaban J connectivity index is 2.06. The second-order valence-electron chi connectivity index (χ2n) is 5.17. The van der Waals surface area contributed by atoms with Crippen molar-refractivity contribution in [2.24, 2.45) is 0 Å². The molecule has 0 aliphatic heterocycles. The van der Waals surface area contributed by atoms with Gasteiger partial charge in [0.05, 0.1) is 0 Å². The average Bonchev–Trinajstić information content (AvgIpc) is 2.75. The number of ether oxygens (including phenoxy) is 1. The fourth-order valence-corrected chi connectivity index (χ4v) is 1.74. The van der Waals surface area contributed by atoms with Gasteiger partial charge in [-0.1, -0.05) is 28.1 Å². The zero-order chi connectivity index (χ0) is 14.8. The zero-order valence-electron chi connectivity index (χ0n) is 11.4. The molecule has 0 aliphatic carbocycles. The summed E-state index contributed by atoms with van der Waals surface area (Å²) < 4.78 is 11.3. The van der Waals surface area contributed by atoms with E-state index in [-0.39, 0.29) is 6.01 Å². The molecular formula is C14H15BrN2O3. The lowest BCUT2D eigenvalue weighted by Crippen LogP contribution is -2.27. The van der Waals surface area contributed by atoms with Crippen LogP contribution in [0.15, 0.2) is 39.4 Å². The van der Waals surface area contributed by atoms with Crippen molar-refractivity contribution in [2.75, 3.05) is 5.32 Å². The van der Waals surface area contributed by atoms with Gasteiger partial charge in [-0.15, -0.1) is 0 Å². The summed E-state index contributed by atoms with van der Waals surface area (Å²) in [5.41, 5.74) is 0.975. The first kappa shape index (κ1) is 14.6.